The van der Waals surface area contributed by atoms with Gasteiger partial charge in [0.2, 0.25) is 0 Å². The Balaban J connectivity index is 2.08. The van der Waals surface area contributed by atoms with E-state index in [1.165, 1.54) is 34.7 Å². The Morgan fingerprint density at radius 3 is 2.18 bits per heavy atom. The van der Waals surface area contributed by atoms with Gasteiger partial charge in [-0.15, -0.1) is 0 Å². The number of benzene rings is 2. The highest BCUT2D eigenvalue weighted by atomic mass is 16.4. The maximum Gasteiger partial charge on any atom is 0.335 e. The van der Waals surface area contributed by atoms with Crippen molar-refractivity contribution in [2.24, 2.45) is 7.05 Å². The molecule has 0 aliphatic carbocycles. The molecule has 0 radical (unpaired) electrons. The maximum atomic E-state index is 12.8. The van der Waals surface area contributed by atoms with E-state index in [1.54, 1.807) is 38.4 Å². The third-order valence-corrected chi connectivity index (χ3v) is 4.55. The molecule has 0 spiro atoms. The second-order valence-corrected chi connectivity index (χ2v) is 6.67. The summed E-state index contributed by atoms with van der Waals surface area (Å²) in [6.45, 7) is 0.00911. The van der Waals surface area contributed by atoms with Gasteiger partial charge in [0.15, 0.2) is 0 Å². The molecule has 0 atom stereocenters. The Morgan fingerprint density at radius 2 is 1.61 bits per heavy atom. The largest absolute Gasteiger partial charge is 0.478 e. The molecule has 144 valence electrons. The molecule has 1 aromatic heterocycles. The van der Waals surface area contributed by atoms with E-state index in [2.05, 4.69) is 0 Å². The van der Waals surface area contributed by atoms with Crippen LogP contribution in [0.5, 0.6) is 0 Å². The number of aromatic nitrogens is 2. The minimum Gasteiger partial charge on any atom is -0.478 e. The Morgan fingerprint density at radius 1 is 1.00 bits per heavy atom. The van der Waals surface area contributed by atoms with Crippen LogP contribution in [0.4, 0.5) is 0 Å². The van der Waals surface area contributed by atoms with Gasteiger partial charge in [-0.3, -0.25) is 18.7 Å². The number of amides is 1. The summed E-state index contributed by atoms with van der Waals surface area (Å²) in [5.41, 5.74) is 0.440. The minimum atomic E-state index is -1.15. The van der Waals surface area contributed by atoms with Gasteiger partial charge in [-0.1, -0.05) is 12.1 Å². The van der Waals surface area contributed by atoms with E-state index in [9.17, 15) is 19.2 Å². The van der Waals surface area contributed by atoms with Gasteiger partial charge in [-0.2, -0.15) is 0 Å². The second kappa shape index (κ2) is 7.15. The molecular weight excluding hydrogens is 362 g/mol. The Hall–Kier alpha value is -3.68. The van der Waals surface area contributed by atoms with Gasteiger partial charge in [-0.25, -0.2) is 9.59 Å². The number of aryl methyl sites for hydroxylation is 1. The number of fused-ring (bicyclic) bond motifs is 1. The highest BCUT2D eigenvalue weighted by molar-refractivity contribution is 5.94. The molecule has 8 nitrogen and oxygen atoms in total. The molecule has 0 aliphatic heterocycles. The van der Waals surface area contributed by atoms with Crippen LogP contribution in [-0.2, 0) is 13.6 Å². The fourth-order valence-electron chi connectivity index (χ4n) is 2.98. The zero-order valence-electron chi connectivity index (χ0n) is 15.7. The predicted octanol–water partition coefficient (Wildman–Crippen LogP) is 1.15. The summed E-state index contributed by atoms with van der Waals surface area (Å²) >= 11 is 0. The van der Waals surface area contributed by atoms with Crippen molar-refractivity contribution in [3.8, 4) is 0 Å². The van der Waals surface area contributed by atoms with E-state index in [0.717, 1.165) is 4.57 Å². The number of carbonyl (C=O) groups is 2. The molecule has 28 heavy (non-hydrogen) atoms. The summed E-state index contributed by atoms with van der Waals surface area (Å²) in [4.78, 5) is 50.1. The molecule has 0 unspecified atom stereocenters. The smallest absolute Gasteiger partial charge is 0.335 e. The van der Waals surface area contributed by atoms with Gasteiger partial charge >= 0.3 is 11.7 Å². The van der Waals surface area contributed by atoms with Crippen molar-refractivity contribution in [3.05, 3.63) is 80.0 Å². The number of hydrogen-bond acceptors (Lipinski definition) is 4. The second-order valence-electron chi connectivity index (χ2n) is 6.67. The van der Waals surface area contributed by atoms with Crippen molar-refractivity contribution >= 4 is 22.8 Å². The van der Waals surface area contributed by atoms with Gasteiger partial charge in [0.25, 0.3) is 11.5 Å². The lowest BCUT2D eigenvalue weighted by atomic mass is 10.1. The number of carbonyl (C=O) groups excluding carboxylic acids is 1. The summed E-state index contributed by atoms with van der Waals surface area (Å²) in [6.07, 6.45) is 0. The van der Waals surface area contributed by atoms with Gasteiger partial charge in [-0.05, 0) is 35.9 Å². The number of nitrogens with zero attached hydrogens (tertiary/aromatic N) is 3. The third kappa shape index (κ3) is 3.32. The fraction of sp³-hybridized carbons (Fsp3) is 0.200. The Labute approximate surface area is 159 Å². The molecule has 8 heteroatoms. The van der Waals surface area contributed by atoms with Crippen LogP contribution in [0.1, 0.15) is 26.3 Å². The van der Waals surface area contributed by atoms with Crippen LogP contribution in [0.3, 0.4) is 0 Å². The lowest BCUT2D eigenvalue weighted by Crippen LogP contribution is -2.39. The van der Waals surface area contributed by atoms with Crippen molar-refractivity contribution in [2.45, 2.75) is 6.54 Å². The maximum absolute atomic E-state index is 12.8. The van der Waals surface area contributed by atoms with Crippen LogP contribution in [0.2, 0.25) is 0 Å². The molecule has 0 saturated heterocycles. The normalized spacial score (nSPS) is 10.8. The molecule has 0 aliphatic rings. The first-order valence-corrected chi connectivity index (χ1v) is 8.48. The highest BCUT2D eigenvalue weighted by Gasteiger charge is 2.14. The standard InChI is InChI=1S/C20H19N3O5/c1-21(2)17(24)13-6-4-12(5-7-13)11-23-18(25)15-10-14(19(26)27)8-9-16(15)22(3)20(23)28/h4-10H,11H2,1-3H3,(H,26,27). The van der Waals surface area contributed by atoms with Gasteiger partial charge in [0.1, 0.15) is 0 Å². The van der Waals surface area contributed by atoms with Crippen LogP contribution in [0.25, 0.3) is 10.9 Å². The van der Waals surface area contributed by atoms with Crippen LogP contribution in [0, 0.1) is 0 Å². The molecule has 2 aromatic carbocycles. The van der Waals surface area contributed by atoms with E-state index < -0.39 is 17.2 Å². The zero-order chi connectivity index (χ0) is 20.6. The van der Waals surface area contributed by atoms with E-state index in [4.69, 9.17) is 5.11 Å². The molecular formula is C20H19N3O5. The van der Waals surface area contributed by atoms with Crippen LogP contribution in [0.15, 0.2) is 52.1 Å². The van der Waals surface area contributed by atoms with Gasteiger partial charge < -0.3 is 10.0 Å². The van der Waals surface area contributed by atoms with Crippen LogP contribution in [-0.4, -0.2) is 45.1 Å². The Kier molecular flexibility index (Phi) is 4.87. The lowest BCUT2D eigenvalue weighted by molar-refractivity contribution is 0.0696. The van der Waals surface area contributed by atoms with E-state index in [1.807, 2.05) is 0 Å². The number of carboxylic acids is 1. The average Bonchev–Trinajstić information content (AvgIpc) is 2.68. The minimum absolute atomic E-state index is 0.00911. The number of rotatable bonds is 4. The fourth-order valence-corrected chi connectivity index (χ4v) is 2.98. The average molecular weight is 381 g/mol. The number of hydrogen-bond donors (Lipinski definition) is 1. The monoisotopic (exact) mass is 381 g/mol. The first-order valence-electron chi connectivity index (χ1n) is 8.48. The van der Waals surface area contributed by atoms with Crippen LogP contribution < -0.4 is 11.2 Å². The SMILES string of the molecule is CN(C)C(=O)c1ccc(Cn2c(=O)c3cc(C(=O)O)ccc3n(C)c2=O)cc1. The lowest BCUT2D eigenvalue weighted by Gasteiger charge is -2.12. The van der Waals surface area contributed by atoms with Crippen molar-refractivity contribution in [3.63, 3.8) is 0 Å². The van der Waals surface area contributed by atoms with E-state index in [-0.39, 0.29) is 23.4 Å². The third-order valence-electron chi connectivity index (χ3n) is 4.55. The molecule has 1 amide bonds. The first-order chi connectivity index (χ1) is 13.2. The Bertz CT molecular complexity index is 1200. The summed E-state index contributed by atoms with van der Waals surface area (Å²) in [5, 5.41) is 9.32. The van der Waals surface area contributed by atoms with E-state index >= 15 is 0 Å². The van der Waals surface area contributed by atoms with Crippen molar-refractivity contribution in [2.75, 3.05) is 14.1 Å². The molecule has 0 fully saturated rings. The molecule has 0 saturated carbocycles. The zero-order valence-corrected chi connectivity index (χ0v) is 15.7. The van der Waals surface area contributed by atoms with E-state index in [0.29, 0.717) is 16.6 Å². The number of carboxylic acid groups (broad SMARTS) is 1. The highest BCUT2D eigenvalue weighted by Crippen LogP contribution is 2.12. The first kappa shape index (κ1) is 19.1. The van der Waals surface area contributed by atoms with Crippen LogP contribution >= 0.6 is 0 Å². The topological polar surface area (TPSA) is 102 Å². The van der Waals surface area contributed by atoms with Crippen molar-refractivity contribution < 1.29 is 14.7 Å². The number of aromatic carboxylic acids is 1. The van der Waals surface area contributed by atoms with Gasteiger partial charge in [0, 0.05) is 26.7 Å². The summed E-state index contributed by atoms with van der Waals surface area (Å²) in [6, 6.07) is 10.7. The van der Waals surface area contributed by atoms with Crippen molar-refractivity contribution in [1.29, 1.82) is 0 Å². The summed E-state index contributed by atoms with van der Waals surface area (Å²) in [5.74, 6) is -1.30. The predicted molar refractivity (Wildman–Crippen MR) is 104 cm³/mol. The molecule has 0 bridgehead atoms. The molecule has 3 rings (SSSR count). The molecule has 1 N–H and O–H groups in total. The molecule has 3 aromatic rings. The summed E-state index contributed by atoms with van der Waals surface area (Å²) in [7, 11) is 4.83. The molecule has 1 heterocycles. The van der Waals surface area contributed by atoms with Crippen molar-refractivity contribution in [1.82, 2.24) is 14.0 Å². The summed E-state index contributed by atoms with van der Waals surface area (Å²) < 4.78 is 2.36. The van der Waals surface area contributed by atoms with Gasteiger partial charge in [0.05, 0.1) is 23.0 Å². The quantitative estimate of drug-likeness (QED) is 0.730.